The van der Waals surface area contributed by atoms with Crippen LogP contribution in [0.1, 0.15) is 42.4 Å². The highest BCUT2D eigenvalue weighted by molar-refractivity contribution is 7.09. The van der Waals surface area contributed by atoms with Gasteiger partial charge in [-0.1, -0.05) is 24.3 Å². The Labute approximate surface area is 124 Å². The van der Waals surface area contributed by atoms with Gasteiger partial charge in [0.1, 0.15) is 11.4 Å². The number of aliphatic hydroxyl groups excluding tert-OH is 1. The number of aliphatic hydroxyl groups is 1. The number of benzene rings is 1. The molecule has 2 heterocycles. The molecule has 3 rings (SSSR count). The van der Waals surface area contributed by atoms with Crippen LogP contribution in [0.2, 0.25) is 0 Å². The maximum absolute atomic E-state index is 10.5. The number of aryl methyl sites for hydroxylation is 1. The van der Waals surface area contributed by atoms with Crippen LogP contribution in [0.3, 0.4) is 0 Å². The van der Waals surface area contributed by atoms with Crippen molar-refractivity contribution in [1.82, 2.24) is 0 Å². The zero-order valence-corrected chi connectivity index (χ0v) is 12.7. The summed E-state index contributed by atoms with van der Waals surface area (Å²) in [5.41, 5.74) is 1.98. The Morgan fingerprint density at radius 2 is 2.15 bits per heavy atom. The first-order valence-electron chi connectivity index (χ1n) is 7.06. The third-order valence-corrected chi connectivity index (χ3v) is 4.66. The van der Waals surface area contributed by atoms with Gasteiger partial charge in [-0.3, -0.25) is 0 Å². The van der Waals surface area contributed by atoms with Gasteiger partial charge in [-0.2, -0.15) is 0 Å². The van der Waals surface area contributed by atoms with Crippen LogP contribution in [-0.2, 0) is 12.8 Å². The molecule has 1 aromatic heterocycles. The lowest BCUT2D eigenvalue weighted by atomic mass is 9.97. The minimum Gasteiger partial charge on any atom is -0.487 e. The van der Waals surface area contributed by atoms with E-state index in [4.69, 9.17) is 4.74 Å². The van der Waals surface area contributed by atoms with E-state index in [1.807, 2.05) is 12.1 Å². The monoisotopic (exact) mass is 288 g/mol. The number of rotatable bonds is 4. The van der Waals surface area contributed by atoms with Crippen LogP contribution in [0, 0.1) is 0 Å². The number of hydrogen-bond acceptors (Lipinski definition) is 3. The Balaban J connectivity index is 1.76. The third kappa shape index (κ3) is 2.74. The van der Waals surface area contributed by atoms with Crippen LogP contribution in [-0.4, -0.2) is 10.7 Å². The predicted molar refractivity (Wildman–Crippen MR) is 82.5 cm³/mol. The van der Waals surface area contributed by atoms with Crippen molar-refractivity contribution in [2.75, 3.05) is 0 Å². The number of thiophene rings is 1. The molecular weight excluding hydrogens is 268 g/mol. The molecule has 0 aliphatic carbocycles. The van der Waals surface area contributed by atoms with E-state index in [2.05, 4.69) is 37.4 Å². The summed E-state index contributed by atoms with van der Waals surface area (Å²) >= 11 is 1.74. The first kappa shape index (κ1) is 13.7. The fraction of sp³-hybridized carbons (Fsp3) is 0.412. The normalized spacial score (nSPS) is 17.6. The average molecular weight is 288 g/mol. The molecule has 0 amide bonds. The summed E-state index contributed by atoms with van der Waals surface area (Å²) in [6.45, 7) is 4.18. The van der Waals surface area contributed by atoms with E-state index in [0.717, 1.165) is 30.6 Å². The molecule has 2 nitrogen and oxygen atoms in total. The maximum atomic E-state index is 10.5. The molecule has 2 aromatic rings. The predicted octanol–water partition coefficient (Wildman–Crippen LogP) is 4.13. The van der Waals surface area contributed by atoms with Gasteiger partial charge >= 0.3 is 0 Å². The van der Waals surface area contributed by atoms with Crippen LogP contribution < -0.4 is 4.74 Å². The van der Waals surface area contributed by atoms with Gasteiger partial charge in [0, 0.05) is 16.9 Å². The lowest BCUT2D eigenvalue weighted by Crippen LogP contribution is -2.25. The molecule has 0 saturated heterocycles. The Hall–Kier alpha value is -1.32. The molecule has 0 radical (unpaired) electrons. The fourth-order valence-electron chi connectivity index (χ4n) is 2.79. The van der Waals surface area contributed by atoms with Gasteiger partial charge in [0.25, 0.3) is 0 Å². The lowest BCUT2D eigenvalue weighted by molar-refractivity contribution is 0.124. The van der Waals surface area contributed by atoms with Crippen molar-refractivity contribution >= 4 is 11.3 Å². The van der Waals surface area contributed by atoms with E-state index in [1.54, 1.807) is 11.3 Å². The molecule has 0 bridgehead atoms. The van der Waals surface area contributed by atoms with E-state index >= 15 is 0 Å². The van der Waals surface area contributed by atoms with E-state index in [1.165, 1.54) is 10.4 Å². The van der Waals surface area contributed by atoms with E-state index in [0.29, 0.717) is 0 Å². The largest absolute Gasteiger partial charge is 0.487 e. The summed E-state index contributed by atoms with van der Waals surface area (Å²) in [5, 5.41) is 12.6. The van der Waals surface area contributed by atoms with Crippen LogP contribution in [0.4, 0.5) is 0 Å². The van der Waals surface area contributed by atoms with Crippen molar-refractivity contribution in [1.29, 1.82) is 0 Å². The second-order valence-electron chi connectivity index (χ2n) is 6.01. The number of fused-ring (bicyclic) bond motifs is 1. The first-order chi connectivity index (χ1) is 9.55. The average Bonchev–Trinajstić information content (AvgIpc) is 3.00. The van der Waals surface area contributed by atoms with E-state index < -0.39 is 6.10 Å². The fourth-order valence-corrected chi connectivity index (χ4v) is 3.52. The maximum Gasteiger partial charge on any atom is 0.129 e. The molecule has 0 saturated carbocycles. The molecule has 0 spiro atoms. The molecule has 106 valence electrons. The molecule has 1 N–H and O–H groups in total. The quantitative estimate of drug-likeness (QED) is 0.916. The number of ether oxygens (including phenoxy) is 1. The minimum absolute atomic E-state index is 0.161. The van der Waals surface area contributed by atoms with Gasteiger partial charge in [0.05, 0.1) is 6.10 Å². The molecule has 1 atom stereocenters. The van der Waals surface area contributed by atoms with E-state index in [-0.39, 0.29) is 5.60 Å². The van der Waals surface area contributed by atoms with Crippen molar-refractivity contribution in [2.45, 2.75) is 44.8 Å². The van der Waals surface area contributed by atoms with Crippen molar-refractivity contribution in [2.24, 2.45) is 0 Å². The molecule has 1 aliphatic heterocycles. The zero-order valence-electron chi connectivity index (χ0n) is 11.9. The molecule has 3 heteroatoms. The van der Waals surface area contributed by atoms with Gasteiger partial charge in [0.2, 0.25) is 0 Å². The number of hydrogen-bond donors (Lipinski definition) is 1. The Morgan fingerprint density at radius 1 is 1.30 bits per heavy atom. The van der Waals surface area contributed by atoms with Crippen molar-refractivity contribution in [3.8, 4) is 5.75 Å². The van der Waals surface area contributed by atoms with Gasteiger partial charge in [-0.25, -0.2) is 0 Å². The Bertz CT molecular complexity index is 587. The van der Waals surface area contributed by atoms with Crippen LogP contribution in [0.15, 0.2) is 35.7 Å². The molecule has 0 fully saturated rings. The van der Waals surface area contributed by atoms with Crippen molar-refractivity contribution in [3.63, 3.8) is 0 Å². The second kappa shape index (κ2) is 5.23. The molecule has 1 aromatic carbocycles. The van der Waals surface area contributed by atoms with Crippen molar-refractivity contribution in [3.05, 3.63) is 51.7 Å². The van der Waals surface area contributed by atoms with Crippen LogP contribution in [0.25, 0.3) is 0 Å². The van der Waals surface area contributed by atoms with Gasteiger partial charge in [-0.05, 0) is 43.7 Å². The Kier molecular flexibility index (Phi) is 3.57. The van der Waals surface area contributed by atoms with Crippen molar-refractivity contribution < 1.29 is 9.84 Å². The summed E-state index contributed by atoms with van der Waals surface area (Å²) < 4.78 is 6.03. The van der Waals surface area contributed by atoms with E-state index in [9.17, 15) is 5.11 Å². The molecular formula is C17H20O2S. The highest BCUT2D eigenvalue weighted by Crippen LogP contribution is 2.40. The smallest absolute Gasteiger partial charge is 0.129 e. The van der Waals surface area contributed by atoms with Crippen LogP contribution in [0.5, 0.6) is 5.75 Å². The van der Waals surface area contributed by atoms with Gasteiger partial charge in [0.15, 0.2) is 0 Å². The third-order valence-electron chi connectivity index (χ3n) is 3.72. The van der Waals surface area contributed by atoms with Gasteiger partial charge < -0.3 is 9.84 Å². The number of para-hydroxylation sites is 1. The standard InChI is InChI=1S/C17H20O2S/c1-17(2)11-12-5-3-7-14(16(12)19-17)15(18)9-8-13-6-4-10-20-13/h3-7,10,15,18H,8-9,11H2,1-2H3. The molecule has 1 aliphatic rings. The van der Waals surface area contributed by atoms with Crippen LogP contribution >= 0.6 is 11.3 Å². The Morgan fingerprint density at radius 3 is 2.90 bits per heavy atom. The summed E-state index contributed by atoms with van der Waals surface area (Å²) in [7, 11) is 0. The first-order valence-corrected chi connectivity index (χ1v) is 7.94. The lowest BCUT2D eigenvalue weighted by Gasteiger charge is -2.19. The molecule has 20 heavy (non-hydrogen) atoms. The highest BCUT2D eigenvalue weighted by atomic mass is 32.1. The summed E-state index contributed by atoms with van der Waals surface area (Å²) in [4.78, 5) is 1.32. The summed E-state index contributed by atoms with van der Waals surface area (Å²) in [6.07, 6.45) is 2.10. The summed E-state index contributed by atoms with van der Waals surface area (Å²) in [5.74, 6) is 0.899. The SMILES string of the molecule is CC1(C)Cc2cccc(C(O)CCc3cccs3)c2O1. The second-order valence-corrected chi connectivity index (χ2v) is 7.04. The minimum atomic E-state index is -0.457. The highest BCUT2D eigenvalue weighted by Gasteiger charge is 2.32. The van der Waals surface area contributed by atoms with Gasteiger partial charge in [-0.15, -0.1) is 11.3 Å². The zero-order chi connectivity index (χ0) is 14.2. The molecule has 1 unspecified atom stereocenters. The summed E-state index contributed by atoms with van der Waals surface area (Å²) in [6, 6.07) is 10.3. The topological polar surface area (TPSA) is 29.5 Å².